The molecule has 0 aromatic heterocycles. The number of ether oxygens (including phenoxy) is 1. The maximum atomic E-state index is 11.9. The van der Waals surface area contributed by atoms with Crippen LogP contribution in [-0.4, -0.2) is 11.1 Å². The molecule has 5 nitrogen and oxygen atoms in total. The van der Waals surface area contributed by atoms with Crippen molar-refractivity contribution in [3.8, 4) is 11.5 Å². The van der Waals surface area contributed by atoms with Crippen molar-refractivity contribution in [3.63, 3.8) is 0 Å². The molecule has 0 atom stereocenters. The summed E-state index contributed by atoms with van der Waals surface area (Å²) < 4.78 is 5.19. The van der Waals surface area contributed by atoms with Crippen LogP contribution in [0.1, 0.15) is 15.9 Å². The van der Waals surface area contributed by atoms with E-state index in [1.807, 2.05) is 6.92 Å². The van der Waals surface area contributed by atoms with Gasteiger partial charge in [-0.05, 0) is 48.9 Å². The zero-order valence-electron chi connectivity index (χ0n) is 10.4. The summed E-state index contributed by atoms with van der Waals surface area (Å²) >= 11 is 0. The summed E-state index contributed by atoms with van der Waals surface area (Å²) in [6.07, 6.45) is 0. The molecule has 0 aliphatic rings. The van der Waals surface area contributed by atoms with E-state index in [2.05, 4.69) is 0 Å². The van der Waals surface area contributed by atoms with E-state index in [-0.39, 0.29) is 17.0 Å². The van der Waals surface area contributed by atoms with E-state index >= 15 is 0 Å². The van der Waals surface area contributed by atoms with Crippen molar-refractivity contribution in [3.05, 3.63) is 47.5 Å². The van der Waals surface area contributed by atoms with Crippen molar-refractivity contribution < 1.29 is 14.6 Å². The van der Waals surface area contributed by atoms with E-state index in [1.54, 1.807) is 18.2 Å². The molecular weight excluding hydrogens is 244 g/mol. The maximum absolute atomic E-state index is 11.9. The highest BCUT2D eigenvalue weighted by atomic mass is 16.5. The fraction of sp³-hybridized carbons (Fsp3) is 0.0714. The second-order valence-corrected chi connectivity index (χ2v) is 4.18. The van der Waals surface area contributed by atoms with Gasteiger partial charge in [0.15, 0.2) is 0 Å². The van der Waals surface area contributed by atoms with Gasteiger partial charge >= 0.3 is 5.97 Å². The second-order valence-electron chi connectivity index (χ2n) is 4.18. The zero-order valence-corrected chi connectivity index (χ0v) is 10.4. The highest BCUT2D eigenvalue weighted by molar-refractivity contribution is 5.96. The zero-order chi connectivity index (χ0) is 14.0. The first-order valence-electron chi connectivity index (χ1n) is 5.64. The quantitative estimate of drug-likeness (QED) is 0.331. The molecule has 5 heteroatoms. The van der Waals surface area contributed by atoms with Gasteiger partial charge < -0.3 is 21.3 Å². The number of phenols is 1. The molecule has 0 aliphatic carbocycles. The fourth-order valence-corrected chi connectivity index (χ4v) is 1.59. The number of hydrogen-bond donors (Lipinski definition) is 3. The summed E-state index contributed by atoms with van der Waals surface area (Å²) in [5, 5.41) is 9.35. The average Bonchev–Trinajstić information content (AvgIpc) is 2.36. The summed E-state index contributed by atoms with van der Waals surface area (Å²) in [6, 6.07) is 9.02. The first kappa shape index (κ1) is 12.8. The highest BCUT2D eigenvalue weighted by Crippen LogP contribution is 2.23. The van der Waals surface area contributed by atoms with Crippen LogP contribution in [0.3, 0.4) is 0 Å². The Morgan fingerprint density at radius 2 is 1.79 bits per heavy atom. The average molecular weight is 258 g/mol. The van der Waals surface area contributed by atoms with Gasteiger partial charge in [0.05, 0.1) is 5.56 Å². The Kier molecular flexibility index (Phi) is 3.29. The third-order valence-electron chi connectivity index (χ3n) is 2.71. The summed E-state index contributed by atoms with van der Waals surface area (Å²) in [5.41, 5.74) is 13.1. The Morgan fingerprint density at radius 1 is 1.11 bits per heavy atom. The number of benzene rings is 2. The highest BCUT2D eigenvalue weighted by Gasteiger charge is 2.13. The number of esters is 1. The summed E-state index contributed by atoms with van der Waals surface area (Å²) in [4.78, 5) is 11.9. The molecule has 98 valence electrons. The fourth-order valence-electron chi connectivity index (χ4n) is 1.59. The minimum Gasteiger partial charge on any atom is -0.508 e. The molecule has 0 aliphatic heterocycles. The van der Waals surface area contributed by atoms with E-state index < -0.39 is 5.97 Å². The van der Waals surface area contributed by atoms with Gasteiger partial charge in [-0.1, -0.05) is 0 Å². The molecule has 2 rings (SSSR count). The Morgan fingerprint density at radius 3 is 2.47 bits per heavy atom. The molecule has 0 radical (unpaired) electrons. The van der Waals surface area contributed by atoms with E-state index in [1.165, 1.54) is 18.2 Å². The van der Waals surface area contributed by atoms with Gasteiger partial charge in [-0.15, -0.1) is 0 Å². The number of nitrogens with two attached hydrogens (primary N) is 2. The van der Waals surface area contributed by atoms with Crippen molar-refractivity contribution in [2.24, 2.45) is 0 Å². The summed E-state index contributed by atoms with van der Waals surface area (Å²) in [6.45, 7) is 1.81. The smallest absolute Gasteiger partial charge is 0.345 e. The van der Waals surface area contributed by atoms with Crippen molar-refractivity contribution in [2.45, 2.75) is 6.92 Å². The Bertz CT molecular complexity index is 639. The third kappa shape index (κ3) is 2.77. The number of aromatic hydroxyl groups is 1. The molecule has 0 saturated heterocycles. The number of nitrogen functional groups attached to an aromatic ring is 2. The van der Waals surface area contributed by atoms with Crippen molar-refractivity contribution in [1.82, 2.24) is 0 Å². The lowest BCUT2D eigenvalue weighted by atomic mass is 10.1. The van der Waals surface area contributed by atoms with Gasteiger partial charge in [-0.2, -0.15) is 0 Å². The van der Waals surface area contributed by atoms with Crippen LogP contribution in [0.15, 0.2) is 36.4 Å². The number of carbonyl (C=O) groups excluding carboxylic acids is 1. The summed E-state index contributed by atoms with van der Waals surface area (Å²) in [5.74, 6) is -0.299. The Labute approximate surface area is 110 Å². The molecule has 19 heavy (non-hydrogen) atoms. The lowest BCUT2D eigenvalue weighted by Gasteiger charge is -2.08. The first-order chi connectivity index (χ1) is 8.97. The third-order valence-corrected chi connectivity index (χ3v) is 2.71. The molecule has 0 bridgehead atoms. The molecule has 5 N–H and O–H groups in total. The van der Waals surface area contributed by atoms with E-state index in [9.17, 15) is 9.90 Å². The second kappa shape index (κ2) is 4.89. The van der Waals surface area contributed by atoms with E-state index in [0.29, 0.717) is 11.4 Å². The van der Waals surface area contributed by atoms with Crippen LogP contribution in [0.4, 0.5) is 11.4 Å². The van der Waals surface area contributed by atoms with Gasteiger partial charge in [0.1, 0.15) is 11.5 Å². The standard InChI is InChI=1S/C14H14N2O3/c1-8-6-10(3-5-12(8)15)19-14(18)11-7-9(17)2-4-13(11)16/h2-7,17H,15-16H2,1H3. The minimum atomic E-state index is -0.627. The lowest BCUT2D eigenvalue weighted by molar-refractivity contribution is 0.0735. The number of rotatable bonds is 2. The summed E-state index contributed by atoms with van der Waals surface area (Å²) in [7, 11) is 0. The largest absolute Gasteiger partial charge is 0.508 e. The molecular formula is C14H14N2O3. The molecule has 2 aromatic carbocycles. The van der Waals surface area contributed by atoms with Crippen molar-refractivity contribution >= 4 is 17.3 Å². The SMILES string of the molecule is Cc1cc(OC(=O)c2cc(O)ccc2N)ccc1N. The predicted molar refractivity (Wildman–Crippen MR) is 73.1 cm³/mol. The van der Waals surface area contributed by atoms with Crippen LogP contribution >= 0.6 is 0 Å². The molecule has 0 fully saturated rings. The van der Waals surface area contributed by atoms with Crippen LogP contribution in [-0.2, 0) is 0 Å². The molecule has 0 saturated carbocycles. The topological polar surface area (TPSA) is 98.6 Å². The number of hydrogen-bond acceptors (Lipinski definition) is 5. The van der Waals surface area contributed by atoms with Crippen LogP contribution in [0.2, 0.25) is 0 Å². The van der Waals surface area contributed by atoms with Gasteiger partial charge in [0.25, 0.3) is 0 Å². The maximum Gasteiger partial charge on any atom is 0.345 e. The number of carbonyl (C=O) groups is 1. The van der Waals surface area contributed by atoms with Gasteiger partial charge in [-0.3, -0.25) is 0 Å². The molecule has 0 amide bonds. The van der Waals surface area contributed by atoms with Crippen LogP contribution in [0.25, 0.3) is 0 Å². The van der Waals surface area contributed by atoms with Crippen LogP contribution in [0, 0.1) is 6.92 Å². The van der Waals surface area contributed by atoms with Crippen LogP contribution < -0.4 is 16.2 Å². The lowest BCUT2D eigenvalue weighted by Crippen LogP contribution is -2.11. The molecule has 2 aromatic rings. The van der Waals surface area contributed by atoms with Gasteiger partial charge in [0, 0.05) is 11.4 Å². The van der Waals surface area contributed by atoms with Gasteiger partial charge in [-0.25, -0.2) is 4.79 Å². The van der Waals surface area contributed by atoms with Gasteiger partial charge in [0.2, 0.25) is 0 Å². The van der Waals surface area contributed by atoms with Crippen molar-refractivity contribution in [2.75, 3.05) is 11.5 Å². The van der Waals surface area contributed by atoms with E-state index in [0.717, 1.165) is 5.56 Å². The van der Waals surface area contributed by atoms with Crippen molar-refractivity contribution in [1.29, 1.82) is 0 Å². The molecule has 0 heterocycles. The number of phenolic OH excluding ortho intramolecular Hbond substituents is 1. The van der Waals surface area contributed by atoms with Crippen LogP contribution in [0.5, 0.6) is 11.5 Å². The number of aryl methyl sites for hydroxylation is 1. The Hall–Kier alpha value is -2.69. The normalized spacial score (nSPS) is 10.2. The number of anilines is 2. The molecule has 0 spiro atoms. The minimum absolute atomic E-state index is 0.0466. The predicted octanol–water partition coefficient (Wildman–Crippen LogP) is 2.08. The Balaban J connectivity index is 2.25. The molecule has 0 unspecified atom stereocenters. The monoisotopic (exact) mass is 258 g/mol. The first-order valence-corrected chi connectivity index (χ1v) is 5.64. The van der Waals surface area contributed by atoms with E-state index in [4.69, 9.17) is 16.2 Å².